The average molecular weight is 439 g/mol. The van der Waals surface area contributed by atoms with Crippen LogP contribution in [-0.2, 0) is 14.3 Å². The van der Waals surface area contributed by atoms with Crippen LogP contribution in [0.15, 0.2) is 48.5 Å². The van der Waals surface area contributed by atoms with Crippen LogP contribution in [0.3, 0.4) is 0 Å². The van der Waals surface area contributed by atoms with E-state index in [9.17, 15) is 19.5 Å². The van der Waals surface area contributed by atoms with Crippen molar-refractivity contribution in [1.82, 2.24) is 10.6 Å². The summed E-state index contributed by atoms with van der Waals surface area (Å²) in [7, 11) is 0. The van der Waals surface area contributed by atoms with Gasteiger partial charge in [0.2, 0.25) is 5.91 Å². The van der Waals surface area contributed by atoms with Crippen molar-refractivity contribution in [1.29, 1.82) is 0 Å². The van der Waals surface area contributed by atoms with Crippen LogP contribution in [0.4, 0.5) is 4.79 Å². The lowest BCUT2D eigenvalue weighted by atomic mass is 9.86. The molecule has 0 saturated carbocycles. The molecule has 1 unspecified atom stereocenters. The van der Waals surface area contributed by atoms with E-state index >= 15 is 0 Å². The molecule has 1 aliphatic carbocycles. The van der Waals surface area contributed by atoms with E-state index in [2.05, 4.69) is 22.8 Å². The number of nitrogens with one attached hydrogen (secondary N) is 2. The largest absolute Gasteiger partial charge is 0.480 e. The van der Waals surface area contributed by atoms with Crippen molar-refractivity contribution in [3.63, 3.8) is 0 Å². The van der Waals surface area contributed by atoms with Crippen LogP contribution in [-0.4, -0.2) is 41.3 Å². The van der Waals surface area contributed by atoms with Crippen LogP contribution in [0.5, 0.6) is 0 Å². The molecule has 3 N–H and O–H groups in total. The molecule has 0 aromatic heterocycles. The second-order valence-electron chi connectivity index (χ2n) is 9.69. The normalized spacial score (nSPS) is 14.2. The molecule has 0 bridgehead atoms. The number of hydrogen-bond donors (Lipinski definition) is 3. The Hall–Kier alpha value is -3.35. The summed E-state index contributed by atoms with van der Waals surface area (Å²) in [6, 6.07) is 14.9. The van der Waals surface area contributed by atoms with Crippen LogP contribution >= 0.6 is 0 Å². The third kappa shape index (κ3) is 4.77. The second kappa shape index (κ2) is 8.65. The Labute approximate surface area is 188 Å². The number of benzene rings is 2. The van der Waals surface area contributed by atoms with Gasteiger partial charge in [0, 0.05) is 5.92 Å². The van der Waals surface area contributed by atoms with Gasteiger partial charge in [-0.15, -0.1) is 0 Å². The maximum atomic E-state index is 12.7. The molecule has 0 fully saturated rings. The first-order valence-corrected chi connectivity index (χ1v) is 10.6. The first-order chi connectivity index (χ1) is 14.9. The van der Waals surface area contributed by atoms with Crippen LogP contribution in [0.1, 0.15) is 51.7 Å². The summed E-state index contributed by atoms with van der Waals surface area (Å²) in [6.45, 7) is 8.29. The average Bonchev–Trinajstić information content (AvgIpc) is 3.02. The number of rotatable bonds is 6. The minimum atomic E-state index is -1.36. The lowest BCUT2D eigenvalue weighted by Gasteiger charge is -2.32. The molecule has 1 atom stereocenters. The number of carboxylic acid groups (broad SMARTS) is 1. The Bertz CT molecular complexity index is 993. The quantitative estimate of drug-likeness (QED) is 0.634. The monoisotopic (exact) mass is 438 g/mol. The van der Waals surface area contributed by atoms with E-state index in [1.807, 2.05) is 36.4 Å². The lowest BCUT2D eigenvalue weighted by molar-refractivity contribution is -0.145. The summed E-state index contributed by atoms with van der Waals surface area (Å²) >= 11 is 0. The highest BCUT2D eigenvalue weighted by Crippen LogP contribution is 2.44. The third-order valence-corrected chi connectivity index (χ3v) is 5.71. The van der Waals surface area contributed by atoms with E-state index in [0.29, 0.717) is 0 Å². The molecule has 170 valence electrons. The molecule has 1 aliphatic rings. The van der Waals surface area contributed by atoms with Crippen molar-refractivity contribution in [2.45, 2.75) is 52.1 Å². The van der Waals surface area contributed by atoms with Gasteiger partial charge in [-0.2, -0.15) is 0 Å². The van der Waals surface area contributed by atoms with Gasteiger partial charge in [-0.05, 0) is 41.5 Å². The smallest absolute Gasteiger partial charge is 0.408 e. The van der Waals surface area contributed by atoms with Crippen LogP contribution in [0.2, 0.25) is 0 Å². The molecule has 7 heteroatoms. The number of amides is 2. The molecule has 32 heavy (non-hydrogen) atoms. The van der Waals surface area contributed by atoms with Crippen molar-refractivity contribution >= 4 is 18.0 Å². The minimum absolute atomic E-state index is 0.0950. The van der Waals surface area contributed by atoms with E-state index < -0.39 is 35.0 Å². The van der Waals surface area contributed by atoms with E-state index in [0.717, 1.165) is 22.3 Å². The predicted octanol–water partition coefficient (Wildman–Crippen LogP) is 3.92. The fraction of sp³-hybridized carbons (Fsp3) is 0.400. The van der Waals surface area contributed by atoms with Gasteiger partial charge in [-0.1, -0.05) is 69.3 Å². The van der Waals surface area contributed by atoms with E-state index in [1.165, 1.54) is 13.8 Å². The molecule has 0 radical (unpaired) electrons. The standard InChI is InChI=1S/C25H30N2O5/c1-24(2,3)20(21(28)29)26-22(30)25(4,5)27-23(31)32-14-19-17-12-8-6-10-15(17)16-11-7-9-13-18(16)19/h6-13,19-20H,14H2,1-5H3,(H,26,30)(H,27,31)(H,28,29). The van der Waals surface area contributed by atoms with Crippen molar-refractivity contribution in [3.05, 3.63) is 59.7 Å². The predicted molar refractivity (Wildman–Crippen MR) is 121 cm³/mol. The third-order valence-electron chi connectivity index (χ3n) is 5.71. The Balaban J connectivity index is 1.66. The molecule has 3 rings (SSSR count). The number of hydrogen-bond acceptors (Lipinski definition) is 4. The van der Waals surface area contributed by atoms with E-state index in [1.54, 1.807) is 20.8 Å². The molecular weight excluding hydrogens is 408 g/mol. The SMILES string of the molecule is CC(C)(NC(=O)OCC1c2ccccc2-c2ccccc21)C(=O)NC(C(=O)O)C(C)(C)C. The summed E-state index contributed by atoms with van der Waals surface area (Å²) in [5.41, 5.74) is 2.38. The van der Waals surface area contributed by atoms with Gasteiger partial charge in [0.1, 0.15) is 18.2 Å². The minimum Gasteiger partial charge on any atom is -0.480 e. The highest BCUT2D eigenvalue weighted by Gasteiger charge is 2.38. The topological polar surface area (TPSA) is 105 Å². The summed E-state index contributed by atoms with van der Waals surface area (Å²) in [5.74, 6) is -1.83. The van der Waals surface area contributed by atoms with Crippen molar-refractivity contribution in [3.8, 4) is 11.1 Å². The summed E-state index contributed by atoms with van der Waals surface area (Å²) < 4.78 is 5.50. The lowest BCUT2D eigenvalue weighted by Crippen LogP contribution is -2.60. The number of carbonyl (C=O) groups is 3. The Kier molecular flexibility index (Phi) is 6.30. The zero-order chi connectivity index (χ0) is 23.7. The van der Waals surface area contributed by atoms with Crippen LogP contribution in [0.25, 0.3) is 11.1 Å². The first-order valence-electron chi connectivity index (χ1n) is 10.6. The van der Waals surface area contributed by atoms with Crippen LogP contribution in [0, 0.1) is 5.41 Å². The number of aliphatic carboxylic acids is 1. The fourth-order valence-corrected chi connectivity index (χ4v) is 3.91. The number of carbonyl (C=O) groups excluding carboxylic acids is 2. The number of ether oxygens (including phenoxy) is 1. The van der Waals surface area contributed by atoms with Crippen molar-refractivity contribution < 1.29 is 24.2 Å². The molecule has 0 aliphatic heterocycles. The van der Waals surface area contributed by atoms with Gasteiger partial charge in [0.25, 0.3) is 0 Å². The van der Waals surface area contributed by atoms with Gasteiger partial charge in [0.15, 0.2) is 0 Å². The molecule has 0 heterocycles. The molecule has 0 spiro atoms. The Morgan fingerprint density at radius 1 is 0.938 bits per heavy atom. The fourth-order valence-electron chi connectivity index (χ4n) is 3.91. The molecule has 2 amide bonds. The van der Waals surface area contributed by atoms with Gasteiger partial charge in [0.05, 0.1) is 0 Å². The molecule has 7 nitrogen and oxygen atoms in total. The molecule has 2 aromatic carbocycles. The molecular formula is C25H30N2O5. The summed E-state index contributed by atoms with van der Waals surface area (Å²) in [5, 5.41) is 14.5. The maximum absolute atomic E-state index is 12.7. The van der Waals surface area contributed by atoms with Gasteiger partial charge in [-0.3, -0.25) is 4.79 Å². The zero-order valence-electron chi connectivity index (χ0n) is 19.1. The number of carboxylic acids is 1. The van der Waals surface area contributed by atoms with Crippen molar-refractivity contribution in [2.24, 2.45) is 5.41 Å². The Morgan fingerprint density at radius 2 is 1.44 bits per heavy atom. The Morgan fingerprint density at radius 3 is 1.91 bits per heavy atom. The maximum Gasteiger partial charge on any atom is 0.408 e. The van der Waals surface area contributed by atoms with Gasteiger partial charge >= 0.3 is 12.1 Å². The molecule has 0 saturated heterocycles. The first kappa shape index (κ1) is 23.3. The zero-order valence-corrected chi connectivity index (χ0v) is 19.1. The van der Waals surface area contributed by atoms with Crippen LogP contribution < -0.4 is 10.6 Å². The molecule has 2 aromatic rings. The highest BCUT2D eigenvalue weighted by molar-refractivity contribution is 5.92. The summed E-state index contributed by atoms with van der Waals surface area (Å²) in [6.07, 6.45) is -0.741. The second-order valence-corrected chi connectivity index (χ2v) is 9.69. The summed E-state index contributed by atoms with van der Waals surface area (Å²) in [4.78, 5) is 36.8. The van der Waals surface area contributed by atoms with Gasteiger partial charge < -0.3 is 20.5 Å². The van der Waals surface area contributed by atoms with Gasteiger partial charge in [-0.25, -0.2) is 9.59 Å². The number of alkyl carbamates (subject to hydrolysis) is 1. The van der Waals surface area contributed by atoms with E-state index in [4.69, 9.17) is 4.74 Å². The highest BCUT2D eigenvalue weighted by atomic mass is 16.5. The number of fused-ring (bicyclic) bond motifs is 3. The van der Waals surface area contributed by atoms with E-state index in [-0.39, 0.29) is 12.5 Å². The van der Waals surface area contributed by atoms with Crippen molar-refractivity contribution in [2.75, 3.05) is 6.61 Å².